The molecule has 0 radical (unpaired) electrons. The number of imidazole rings is 1. The number of benzene rings is 1. The molecule has 0 N–H and O–H groups in total. The third-order valence-electron chi connectivity index (χ3n) is 6.70. The summed E-state index contributed by atoms with van der Waals surface area (Å²) in [6, 6.07) is 11.0. The zero-order valence-corrected chi connectivity index (χ0v) is 21.3. The fraction of sp³-hybridized carbons (Fsp3) is 0.500. The average Bonchev–Trinajstić information content (AvgIpc) is 3.19. The molecule has 0 saturated carbocycles. The van der Waals surface area contributed by atoms with Gasteiger partial charge in [-0.15, -0.1) is 0 Å². The molecule has 0 aliphatic carbocycles. The summed E-state index contributed by atoms with van der Waals surface area (Å²) in [6.07, 6.45) is 6.56. The van der Waals surface area contributed by atoms with Crippen LogP contribution in [0.25, 0.3) is 17.2 Å². The van der Waals surface area contributed by atoms with Gasteiger partial charge in [0.1, 0.15) is 11.3 Å². The van der Waals surface area contributed by atoms with Crippen molar-refractivity contribution in [3.05, 3.63) is 64.6 Å². The fourth-order valence-electron chi connectivity index (χ4n) is 4.77. The topological polar surface area (TPSA) is 46.4 Å². The smallest absolute Gasteiger partial charge is 0.160 e. The summed E-state index contributed by atoms with van der Waals surface area (Å²) in [5.41, 5.74) is 6.79. The number of hydrogen-bond acceptors (Lipinski definition) is 5. The van der Waals surface area contributed by atoms with Crippen molar-refractivity contribution in [1.29, 1.82) is 0 Å². The van der Waals surface area contributed by atoms with Gasteiger partial charge >= 0.3 is 0 Å². The summed E-state index contributed by atoms with van der Waals surface area (Å²) in [5.74, 6) is 1.10. The minimum Gasteiger partial charge on any atom is -0.385 e. The van der Waals surface area contributed by atoms with Crippen molar-refractivity contribution in [2.24, 2.45) is 0 Å². The Morgan fingerprint density at radius 2 is 1.74 bits per heavy atom. The molecule has 182 valence electrons. The number of fused-ring (bicyclic) bond motifs is 1. The quantitative estimate of drug-likeness (QED) is 0.421. The first-order valence-electron chi connectivity index (χ1n) is 12.6. The van der Waals surface area contributed by atoms with Crippen molar-refractivity contribution >= 4 is 17.2 Å². The lowest BCUT2D eigenvalue weighted by molar-refractivity contribution is 0.124. The zero-order chi connectivity index (χ0) is 23.9. The van der Waals surface area contributed by atoms with E-state index in [4.69, 9.17) is 14.7 Å². The van der Waals surface area contributed by atoms with E-state index in [9.17, 15) is 0 Å². The van der Waals surface area contributed by atoms with Crippen LogP contribution >= 0.6 is 0 Å². The van der Waals surface area contributed by atoms with Crippen LogP contribution in [-0.2, 0) is 17.7 Å². The molecule has 2 aromatic heterocycles. The molecule has 1 fully saturated rings. The molecular weight excluding hydrogens is 422 g/mol. The van der Waals surface area contributed by atoms with Crippen LogP contribution < -0.4 is 0 Å². The maximum atomic E-state index is 5.17. The first kappa shape index (κ1) is 24.6. The Kier molecular flexibility index (Phi) is 8.48. The Morgan fingerprint density at radius 3 is 2.44 bits per heavy atom. The summed E-state index contributed by atoms with van der Waals surface area (Å²) < 4.78 is 7.44. The summed E-state index contributed by atoms with van der Waals surface area (Å²) in [5, 5.41) is 0. The van der Waals surface area contributed by atoms with Crippen molar-refractivity contribution in [2.75, 3.05) is 53.0 Å². The summed E-state index contributed by atoms with van der Waals surface area (Å²) in [4.78, 5) is 14.8. The SMILES string of the molecule is CCc1nc2c(C)cc(C)nc2n1Cc1ccc(/C=C/CN2CCN(CCCOC)CC2)cc1. The Hall–Kier alpha value is -2.54. The Bertz CT molecular complexity index is 1090. The first-order chi connectivity index (χ1) is 16.6. The maximum absolute atomic E-state index is 5.17. The summed E-state index contributed by atoms with van der Waals surface area (Å²) in [7, 11) is 1.78. The Morgan fingerprint density at radius 1 is 1.00 bits per heavy atom. The van der Waals surface area contributed by atoms with E-state index in [0.29, 0.717) is 0 Å². The van der Waals surface area contributed by atoms with Crippen molar-refractivity contribution in [3.8, 4) is 0 Å². The highest BCUT2D eigenvalue weighted by Gasteiger charge is 2.15. The second-order valence-electron chi connectivity index (χ2n) is 9.35. The number of nitrogens with zero attached hydrogens (tertiary/aromatic N) is 5. The van der Waals surface area contributed by atoms with E-state index in [0.717, 1.165) is 87.9 Å². The van der Waals surface area contributed by atoms with Crippen LogP contribution in [0.1, 0.15) is 41.6 Å². The van der Waals surface area contributed by atoms with E-state index in [1.54, 1.807) is 7.11 Å². The second-order valence-corrected chi connectivity index (χ2v) is 9.35. The molecule has 0 unspecified atom stereocenters. The van der Waals surface area contributed by atoms with Crippen LogP contribution in [0.2, 0.25) is 0 Å². The lowest BCUT2D eigenvalue weighted by atomic mass is 10.1. The van der Waals surface area contributed by atoms with Crippen LogP contribution in [0.4, 0.5) is 0 Å². The standard InChI is InChI=1S/C28H39N5O/c1-5-26-30-27-22(2)20-23(3)29-28(27)33(26)21-25-11-9-24(10-12-25)8-6-13-31-15-17-32(18-16-31)14-7-19-34-4/h6,8-12,20H,5,7,13-19,21H2,1-4H3/b8-6+. The van der Waals surface area contributed by atoms with E-state index in [1.807, 2.05) is 0 Å². The summed E-state index contributed by atoms with van der Waals surface area (Å²) in [6.45, 7) is 14.7. The van der Waals surface area contributed by atoms with Crippen LogP contribution in [0.3, 0.4) is 0 Å². The van der Waals surface area contributed by atoms with Gasteiger partial charge in [-0.05, 0) is 43.0 Å². The molecule has 0 spiro atoms. The van der Waals surface area contributed by atoms with Crippen molar-refractivity contribution in [2.45, 2.75) is 40.2 Å². The Balaban J connectivity index is 1.32. The minimum absolute atomic E-state index is 0.800. The predicted molar refractivity (Wildman–Crippen MR) is 140 cm³/mol. The number of methoxy groups -OCH3 is 1. The van der Waals surface area contributed by atoms with Crippen LogP contribution in [0.5, 0.6) is 0 Å². The largest absolute Gasteiger partial charge is 0.385 e. The monoisotopic (exact) mass is 461 g/mol. The molecule has 3 heterocycles. The second kappa shape index (κ2) is 11.7. The minimum atomic E-state index is 0.800. The highest BCUT2D eigenvalue weighted by atomic mass is 16.5. The van der Waals surface area contributed by atoms with Crippen molar-refractivity contribution < 1.29 is 4.74 Å². The molecule has 1 aromatic carbocycles. The average molecular weight is 462 g/mol. The van der Waals surface area contributed by atoms with Gasteiger partial charge in [-0.25, -0.2) is 9.97 Å². The van der Waals surface area contributed by atoms with Gasteiger partial charge < -0.3 is 14.2 Å². The van der Waals surface area contributed by atoms with Gasteiger partial charge in [0.25, 0.3) is 0 Å². The number of rotatable bonds is 10. The molecule has 6 heteroatoms. The predicted octanol–water partition coefficient (Wildman–Crippen LogP) is 4.33. The zero-order valence-electron chi connectivity index (χ0n) is 21.3. The number of pyridine rings is 1. The first-order valence-corrected chi connectivity index (χ1v) is 12.6. The number of hydrogen-bond donors (Lipinski definition) is 0. The Labute approximate surface area is 204 Å². The van der Waals surface area contributed by atoms with Crippen LogP contribution in [-0.4, -0.2) is 77.3 Å². The highest BCUT2D eigenvalue weighted by molar-refractivity contribution is 5.76. The fourth-order valence-corrected chi connectivity index (χ4v) is 4.77. The molecule has 6 nitrogen and oxygen atoms in total. The van der Waals surface area contributed by atoms with Gasteiger partial charge in [-0.2, -0.15) is 0 Å². The summed E-state index contributed by atoms with van der Waals surface area (Å²) >= 11 is 0. The third kappa shape index (κ3) is 6.12. The molecule has 0 bridgehead atoms. The van der Waals surface area contributed by atoms with Crippen LogP contribution in [0.15, 0.2) is 36.4 Å². The van der Waals surface area contributed by atoms with E-state index in [2.05, 4.69) is 77.6 Å². The third-order valence-corrected chi connectivity index (χ3v) is 6.70. The molecule has 1 saturated heterocycles. The molecular formula is C28H39N5O. The lowest BCUT2D eigenvalue weighted by Gasteiger charge is -2.34. The van der Waals surface area contributed by atoms with Gasteiger partial charge in [0, 0.05) is 65.1 Å². The molecule has 4 rings (SSSR count). The van der Waals surface area contributed by atoms with Crippen LogP contribution in [0, 0.1) is 13.8 Å². The lowest BCUT2D eigenvalue weighted by Crippen LogP contribution is -2.46. The molecule has 1 aliphatic heterocycles. The van der Waals surface area contributed by atoms with E-state index < -0.39 is 0 Å². The number of piperazine rings is 1. The number of aromatic nitrogens is 3. The van der Waals surface area contributed by atoms with E-state index >= 15 is 0 Å². The van der Waals surface area contributed by atoms with E-state index in [1.165, 1.54) is 16.7 Å². The molecule has 34 heavy (non-hydrogen) atoms. The normalized spacial score (nSPS) is 15.6. The maximum Gasteiger partial charge on any atom is 0.160 e. The molecule has 0 amide bonds. The van der Waals surface area contributed by atoms with Gasteiger partial charge in [0.2, 0.25) is 0 Å². The number of ether oxygens (including phenoxy) is 1. The molecule has 1 aliphatic rings. The highest BCUT2D eigenvalue weighted by Crippen LogP contribution is 2.21. The van der Waals surface area contributed by atoms with Crippen molar-refractivity contribution in [3.63, 3.8) is 0 Å². The molecule has 0 atom stereocenters. The van der Waals surface area contributed by atoms with Crippen molar-refractivity contribution in [1.82, 2.24) is 24.3 Å². The van der Waals surface area contributed by atoms with Gasteiger partial charge in [0.15, 0.2) is 5.65 Å². The van der Waals surface area contributed by atoms with Gasteiger partial charge in [-0.1, -0.05) is 43.3 Å². The van der Waals surface area contributed by atoms with E-state index in [-0.39, 0.29) is 0 Å². The number of aryl methyl sites for hydroxylation is 3. The van der Waals surface area contributed by atoms with Gasteiger partial charge in [-0.3, -0.25) is 4.90 Å². The molecule has 3 aromatic rings. The van der Waals surface area contributed by atoms with Gasteiger partial charge in [0.05, 0.1) is 6.54 Å².